The fourth-order valence-corrected chi connectivity index (χ4v) is 7.04. The lowest BCUT2D eigenvalue weighted by Crippen LogP contribution is -2.73. The molecule has 3 unspecified atom stereocenters. The number of β-lactam (4-membered cyclic amide) rings is 1. The number of hydrogen-bond acceptors (Lipinski definition) is 9. The number of methoxy groups -OCH3 is 1. The first-order valence-electron chi connectivity index (χ1n) is 11.2. The van der Waals surface area contributed by atoms with Crippen LogP contribution in [0.4, 0.5) is 0 Å². The Morgan fingerprint density at radius 2 is 1.70 bits per heavy atom. The van der Waals surface area contributed by atoms with Crippen molar-refractivity contribution in [3.8, 4) is 5.75 Å². The zero-order valence-electron chi connectivity index (χ0n) is 20.4. The van der Waals surface area contributed by atoms with Crippen molar-refractivity contribution in [1.82, 2.24) is 10.2 Å². The standard InChI is InChI=1S/C25H28N2O8S2/c1-17(2)22(25(30)34-15-14-33-3)27-23(29)21(26-20(28)16-35-18-10-6-4-7-11-18)24(27)36-37(31,32)19-12-8-5-9-13-19/h4-13,21-22,24H,1,14-16H2,2-3H3,(H,26,28). The fourth-order valence-electron chi connectivity index (χ4n) is 3.51. The molecule has 3 atom stereocenters. The van der Waals surface area contributed by atoms with E-state index in [0.717, 1.165) is 4.90 Å². The molecule has 3 rings (SSSR count). The molecule has 0 bridgehead atoms. The lowest BCUT2D eigenvalue weighted by molar-refractivity contribution is -0.163. The number of benzene rings is 2. The molecule has 1 saturated heterocycles. The molecule has 2 aromatic carbocycles. The molecule has 37 heavy (non-hydrogen) atoms. The zero-order chi connectivity index (χ0) is 27.0. The Morgan fingerprint density at radius 3 is 2.30 bits per heavy atom. The number of carbonyl (C=O) groups is 3. The zero-order valence-corrected chi connectivity index (χ0v) is 22.0. The van der Waals surface area contributed by atoms with Crippen LogP contribution in [0.3, 0.4) is 0 Å². The Morgan fingerprint density at radius 1 is 1.08 bits per heavy atom. The molecular weight excluding hydrogens is 520 g/mol. The van der Waals surface area contributed by atoms with Gasteiger partial charge in [0.1, 0.15) is 23.8 Å². The summed E-state index contributed by atoms with van der Waals surface area (Å²) in [5.74, 6) is -1.60. The van der Waals surface area contributed by atoms with Gasteiger partial charge in [-0.25, -0.2) is 13.2 Å². The van der Waals surface area contributed by atoms with Crippen LogP contribution >= 0.6 is 10.8 Å². The van der Waals surface area contributed by atoms with Crippen molar-refractivity contribution in [2.45, 2.75) is 29.3 Å². The molecule has 1 fully saturated rings. The van der Waals surface area contributed by atoms with Crippen LogP contribution in [-0.4, -0.2) is 75.5 Å². The number of amides is 2. The van der Waals surface area contributed by atoms with Crippen LogP contribution in [0, 0.1) is 0 Å². The Kier molecular flexibility index (Phi) is 9.73. The minimum absolute atomic E-state index is 0.0198. The maximum Gasteiger partial charge on any atom is 0.333 e. The minimum Gasteiger partial charge on any atom is -0.484 e. The number of para-hydroxylation sites is 1. The molecule has 2 amide bonds. The van der Waals surface area contributed by atoms with E-state index < -0.39 is 44.1 Å². The molecule has 12 heteroatoms. The first-order valence-corrected chi connectivity index (χ1v) is 14.1. The van der Waals surface area contributed by atoms with E-state index in [-0.39, 0.29) is 30.3 Å². The number of carbonyl (C=O) groups excluding carboxylic acids is 3. The lowest BCUT2D eigenvalue weighted by atomic mass is 9.99. The average Bonchev–Trinajstić information content (AvgIpc) is 2.89. The summed E-state index contributed by atoms with van der Waals surface area (Å²) in [6, 6.07) is 13.8. The van der Waals surface area contributed by atoms with Gasteiger partial charge in [-0.05, 0) is 36.8 Å². The molecule has 1 aliphatic rings. The number of rotatable bonds is 13. The number of ether oxygens (including phenoxy) is 3. The van der Waals surface area contributed by atoms with Crippen molar-refractivity contribution in [1.29, 1.82) is 0 Å². The first-order chi connectivity index (χ1) is 17.7. The highest BCUT2D eigenvalue weighted by atomic mass is 33.1. The number of likely N-dealkylation sites (tertiary alicyclic amines) is 1. The molecule has 0 radical (unpaired) electrons. The van der Waals surface area contributed by atoms with E-state index in [1.807, 2.05) is 0 Å². The highest BCUT2D eigenvalue weighted by Gasteiger charge is 2.55. The Hall–Kier alpha value is -3.35. The van der Waals surface area contributed by atoms with Gasteiger partial charge in [0.15, 0.2) is 12.6 Å². The third kappa shape index (κ3) is 7.12. The average molecular weight is 549 g/mol. The Labute approximate surface area is 219 Å². The van der Waals surface area contributed by atoms with Crippen LogP contribution in [0.5, 0.6) is 5.75 Å². The maximum absolute atomic E-state index is 13.2. The molecule has 1 heterocycles. The number of nitrogens with one attached hydrogen (secondary N) is 1. The van der Waals surface area contributed by atoms with E-state index in [0.29, 0.717) is 16.5 Å². The van der Waals surface area contributed by atoms with Crippen LogP contribution in [0.1, 0.15) is 6.92 Å². The number of nitrogens with zero attached hydrogens (tertiary/aromatic N) is 1. The molecule has 0 aromatic heterocycles. The molecule has 1 aliphatic heterocycles. The fraction of sp³-hybridized carbons (Fsp3) is 0.320. The normalized spacial score (nSPS) is 17.9. The SMILES string of the molecule is C=C(C)C(C(=O)OCCOC)N1C(=O)C(NC(=O)COc2ccccc2)C1SS(=O)(=O)c1ccccc1. The van der Waals surface area contributed by atoms with Crippen molar-refractivity contribution < 1.29 is 37.0 Å². The summed E-state index contributed by atoms with van der Waals surface area (Å²) >= 11 is 0. The molecule has 1 N–H and O–H groups in total. The topological polar surface area (TPSA) is 128 Å². The Balaban J connectivity index is 1.82. The summed E-state index contributed by atoms with van der Waals surface area (Å²) in [7, 11) is -2.07. The van der Waals surface area contributed by atoms with E-state index in [1.54, 1.807) is 48.5 Å². The van der Waals surface area contributed by atoms with E-state index in [9.17, 15) is 22.8 Å². The second kappa shape index (κ2) is 12.7. The van der Waals surface area contributed by atoms with Crippen LogP contribution in [0.15, 0.2) is 77.7 Å². The first kappa shape index (κ1) is 28.2. The molecular formula is C25H28N2O8S2. The van der Waals surface area contributed by atoms with Gasteiger partial charge in [-0.2, -0.15) is 0 Å². The molecule has 198 valence electrons. The van der Waals surface area contributed by atoms with Gasteiger partial charge in [0.2, 0.25) is 14.8 Å². The number of hydrogen-bond donors (Lipinski definition) is 1. The third-order valence-corrected chi connectivity index (χ3v) is 8.99. The molecule has 10 nitrogen and oxygen atoms in total. The van der Waals surface area contributed by atoms with Gasteiger partial charge in [0, 0.05) is 17.9 Å². The number of esters is 1. The molecule has 0 spiro atoms. The third-order valence-electron chi connectivity index (χ3n) is 5.27. The van der Waals surface area contributed by atoms with E-state index in [2.05, 4.69) is 11.9 Å². The van der Waals surface area contributed by atoms with E-state index >= 15 is 0 Å². The molecule has 0 saturated carbocycles. The van der Waals surface area contributed by atoms with Crippen molar-refractivity contribution in [3.63, 3.8) is 0 Å². The second-order valence-corrected chi connectivity index (χ2v) is 12.0. The van der Waals surface area contributed by atoms with E-state index in [1.165, 1.54) is 26.2 Å². The van der Waals surface area contributed by atoms with Crippen LogP contribution < -0.4 is 10.1 Å². The quantitative estimate of drug-likeness (QED) is 0.131. The summed E-state index contributed by atoms with van der Waals surface area (Å²) < 4.78 is 41.8. The van der Waals surface area contributed by atoms with Gasteiger partial charge in [0.25, 0.3) is 5.91 Å². The van der Waals surface area contributed by atoms with Crippen molar-refractivity contribution in [2.75, 3.05) is 26.9 Å². The summed E-state index contributed by atoms with van der Waals surface area (Å²) in [6.45, 7) is 5.01. The molecule has 2 aromatic rings. The summed E-state index contributed by atoms with van der Waals surface area (Å²) in [6.07, 6.45) is 0. The van der Waals surface area contributed by atoms with Crippen molar-refractivity contribution in [3.05, 3.63) is 72.8 Å². The predicted octanol–water partition coefficient (Wildman–Crippen LogP) is 1.97. The lowest BCUT2D eigenvalue weighted by Gasteiger charge is -2.49. The maximum atomic E-state index is 13.2. The largest absolute Gasteiger partial charge is 0.484 e. The predicted molar refractivity (Wildman–Crippen MR) is 137 cm³/mol. The van der Waals surface area contributed by atoms with Crippen LogP contribution in [0.2, 0.25) is 0 Å². The van der Waals surface area contributed by atoms with Crippen LogP contribution in [-0.2, 0) is 32.7 Å². The van der Waals surface area contributed by atoms with Crippen molar-refractivity contribution >= 4 is 37.4 Å². The van der Waals surface area contributed by atoms with Gasteiger partial charge in [-0.15, -0.1) is 0 Å². The smallest absolute Gasteiger partial charge is 0.333 e. The summed E-state index contributed by atoms with van der Waals surface area (Å²) in [5.41, 5.74) is 0.274. The summed E-state index contributed by atoms with van der Waals surface area (Å²) in [4.78, 5) is 39.7. The summed E-state index contributed by atoms with van der Waals surface area (Å²) in [5, 5.41) is 1.40. The minimum atomic E-state index is -3.97. The highest BCUT2D eigenvalue weighted by Crippen LogP contribution is 2.39. The van der Waals surface area contributed by atoms with Gasteiger partial charge in [-0.3, -0.25) is 9.59 Å². The monoisotopic (exact) mass is 548 g/mol. The van der Waals surface area contributed by atoms with Gasteiger partial charge < -0.3 is 24.4 Å². The van der Waals surface area contributed by atoms with Crippen molar-refractivity contribution in [2.24, 2.45) is 0 Å². The Bertz CT molecular complexity index is 1220. The van der Waals surface area contributed by atoms with Crippen LogP contribution in [0.25, 0.3) is 0 Å². The van der Waals surface area contributed by atoms with Gasteiger partial charge in [0.05, 0.1) is 11.5 Å². The highest BCUT2D eigenvalue weighted by molar-refractivity contribution is 8.72. The van der Waals surface area contributed by atoms with Gasteiger partial charge in [-0.1, -0.05) is 43.0 Å². The second-order valence-electron chi connectivity index (χ2n) is 8.06. The van der Waals surface area contributed by atoms with Gasteiger partial charge >= 0.3 is 5.97 Å². The molecule has 0 aliphatic carbocycles. The van der Waals surface area contributed by atoms with E-state index in [4.69, 9.17) is 14.2 Å².